The first-order chi connectivity index (χ1) is 13.2. The maximum absolute atomic E-state index is 8.99. The molecule has 3 aromatic heterocycles. The molecule has 8 heteroatoms. The Bertz CT molecular complexity index is 953. The van der Waals surface area contributed by atoms with Gasteiger partial charge in [-0.3, -0.25) is 4.68 Å². The summed E-state index contributed by atoms with van der Waals surface area (Å²) < 4.78 is 7.68. The van der Waals surface area contributed by atoms with Gasteiger partial charge in [-0.05, 0) is 12.1 Å². The predicted octanol–water partition coefficient (Wildman–Crippen LogP) is 2.19. The van der Waals surface area contributed by atoms with Crippen molar-refractivity contribution in [2.45, 2.75) is 18.9 Å². The number of aromatic nitrogens is 5. The van der Waals surface area contributed by atoms with Crippen molar-refractivity contribution in [2.24, 2.45) is 7.05 Å². The summed E-state index contributed by atoms with van der Waals surface area (Å²) in [6.07, 6.45) is 8.99. The second-order valence-corrected chi connectivity index (χ2v) is 6.45. The Kier molecular flexibility index (Phi) is 4.66. The van der Waals surface area contributed by atoms with Crippen LogP contribution in [0, 0.1) is 11.3 Å². The molecule has 1 aliphatic rings. The first kappa shape index (κ1) is 17.0. The minimum absolute atomic E-state index is 0.0737. The molecule has 0 bridgehead atoms. The molecule has 0 spiro atoms. The molecule has 27 heavy (non-hydrogen) atoms. The van der Waals surface area contributed by atoms with E-state index in [0.717, 1.165) is 42.9 Å². The highest BCUT2D eigenvalue weighted by molar-refractivity contribution is 5.59. The monoisotopic (exact) mass is 361 g/mol. The van der Waals surface area contributed by atoms with Gasteiger partial charge in [-0.15, -0.1) is 0 Å². The van der Waals surface area contributed by atoms with E-state index >= 15 is 0 Å². The minimum atomic E-state index is 0.0737. The highest BCUT2D eigenvalue weighted by Crippen LogP contribution is 2.22. The Morgan fingerprint density at radius 3 is 2.56 bits per heavy atom. The van der Waals surface area contributed by atoms with Gasteiger partial charge >= 0.3 is 6.01 Å². The van der Waals surface area contributed by atoms with Gasteiger partial charge in [0.15, 0.2) is 0 Å². The zero-order chi connectivity index (χ0) is 18.6. The lowest BCUT2D eigenvalue weighted by atomic mass is 10.1. The highest BCUT2D eigenvalue weighted by Gasteiger charge is 2.22. The molecular weight excluding hydrogens is 342 g/mol. The standard InChI is InChI=1S/C19H19N7O/c1-25-13-15(12-23-25)14-10-21-19(22-11-14)27-17-5-7-26(8-6-17)18-4-2-3-16(9-20)24-18/h2-4,10-13,17H,5-8H2,1H3. The van der Waals surface area contributed by atoms with Crippen LogP contribution in [0.5, 0.6) is 6.01 Å². The van der Waals surface area contributed by atoms with E-state index in [9.17, 15) is 0 Å². The van der Waals surface area contributed by atoms with Crippen molar-refractivity contribution >= 4 is 5.82 Å². The fraction of sp³-hybridized carbons (Fsp3) is 0.316. The van der Waals surface area contributed by atoms with Gasteiger partial charge in [-0.1, -0.05) is 6.07 Å². The van der Waals surface area contributed by atoms with E-state index in [2.05, 4.69) is 31.0 Å². The summed E-state index contributed by atoms with van der Waals surface area (Å²) in [6.45, 7) is 1.64. The number of nitriles is 1. The maximum Gasteiger partial charge on any atom is 0.316 e. The molecule has 0 radical (unpaired) electrons. The summed E-state index contributed by atoms with van der Waals surface area (Å²) in [5, 5.41) is 13.1. The number of aryl methyl sites for hydroxylation is 1. The summed E-state index contributed by atoms with van der Waals surface area (Å²) in [7, 11) is 1.88. The van der Waals surface area contributed by atoms with Crippen molar-refractivity contribution in [3.05, 3.63) is 48.7 Å². The molecule has 0 atom stereocenters. The number of piperidine rings is 1. The van der Waals surface area contributed by atoms with Gasteiger partial charge in [0.1, 0.15) is 23.7 Å². The van der Waals surface area contributed by atoms with E-state index < -0.39 is 0 Å². The van der Waals surface area contributed by atoms with Crippen LogP contribution in [0.3, 0.4) is 0 Å². The number of ether oxygens (including phenoxy) is 1. The molecule has 0 aromatic carbocycles. The molecule has 1 saturated heterocycles. The molecule has 4 rings (SSSR count). The van der Waals surface area contributed by atoms with Crippen molar-refractivity contribution in [1.82, 2.24) is 24.7 Å². The van der Waals surface area contributed by atoms with Crippen LogP contribution >= 0.6 is 0 Å². The van der Waals surface area contributed by atoms with Gasteiger partial charge in [0.25, 0.3) is 0 Å². The molecule has 0 N–H and O–H groups in total. The summed E-state index contributed by atoms with van der Waals surface area (Å²) in [5.74, 6) is 0.838. The average Bonchev–Trinajstić information content (AvgIpc) is 3.15. The summed E-state index contributed by atoms with van der Waals surface area (Å²) in [4.78, 5) is 15.2. The van der Waals surface area contributed by atoms with Crippen LogP contribution in [0.4, 0.5) is 5.82 Å². The highest BCUT2D eigenvalue weighted by atomic mass is 16.5. The fourth-order valence-electron chi connectivity index (χ4n) is 3.11. The number of anilines is 1. The molecule has 0 amide bonds. The first-order valence-electron chi connectivity index (χ1n) is 8.81. The van der Waals surface area contributed by atoms with Gasteiger partial charge in [-0.25, -0.2) is 15.0 Å². The van der Waals surface area contributed by atoms with Gasteiger partial charge in [0.2, 0.25) is 0 Å². The molecule has 0 aliphatic carbocycles. The van der Waals surface area contributed by atoms with Crippen LogP contribution in [0.1, 0.15) is 18.5 Å². The second-order valence-electron chi connectivity index (χ2n) is 6.45. The number of rotatable bonds is 4. The molecule has 1 aliphatic heterocycles. The van der Waals surface area contributed by atoms with E-state index in [0.29, 0.717) is 11.7 Å². The van der Waals surface area contributed by atoms with Gasteiger partial charge < -0.3 is 9.64 Å². The molecule has 1 fully saturated rings. The topological polar surface area (TPSA) is 92.8 Å². The molecule has 4 heterocycles. The zero-order valence-corrected chi connectivity index (χ0v) is 15.0. The molecular formula is C19H19N7O. The molecule has 136 valence electrons. The van der Waals surface area contributed by atoms with E-state index in [1.807, 2.05) is 25.4 Å². The van der Waals surface area contributed by atoms with Crippen LogP contribution in [-0.4, -0.2) is 43.9 Å². The van der Waals surface area contributed by atoms with Crippen molar-refractivity contribution < 1.29 is 4.74 Å². The molecule has 8 nitrogen and oxygen atoms in total. The summed E-state index contributed by atoms with van der Waals surface area (Å²) in [5.41, 5.74) is 2.33. The van der Waals surface area contributed by atoms with Gasteiger partial charge in [0, 0.05) is 62.7 Å². The molecule has 3 aromatic rings. The number of pyridine rings is 1. The van der Waals surface area contributed by atoms with Crippen molar-refractivity contribution in [2.75, 3.05) is 18.0 Å². The Morgan fingerprint density at radius 2 is 1.89 bits per heavy atom. The molecule has 0 saturated carbocycles. The first-order valence-corrected chi connectivity index (χ1v) is 8.81. The van der Waals surface area contributed by atoms with Crippen LogP contribution in [0.15, 0.2) is 43.0 Å². The average molecular weight is 361 g/mol. The van der Waals surface area contributed by atoms with Crippen LogP contribution < -0.4 is 9.64 Å². The van der Waals surface area contributed by atoms with Gasteiger partial charge in [0.05, 0.1) is 6.20 Å². The fourth-order valence-corrected chi connectivity index (χ4v) is 3.11. The Balaban J connectivity index is 1.34. The van der Waals surface area contributed by atoms with Crippen molar-refractivity contribution in [1.29, 1.82) is 5.26 Å². The normalized spacial score (nSPS) is 14.7. The van der Waals surface area contributed by atoms with Crippen molar-refractivity contribution in [3.8, 4) is 23.2 Å². The third kappa shape index (κ3) is 3.87. The summed E-state index contributed by atoms with van der Waals surface area (Å²) in [6, 6.07) is 7.98. The largest absolute Gasteiger partial charge is 0.460 e. The van der Waals surface area contributed by atoms with E-state index in [4.69, 9.17) is 10.00 Å². The Hall–Kier alpha value is -3.47. The quantitative estimate of drug-likeness (QED) is 0.703. The summed E-state index contributed by atoms with van der Waals surface area (Å²) >= 11 is 0. The number of hydrogen-bond acceptors (Lipinski definition) is 7. The van der Waals surface area contributed by atoms with E-state index in [-0.39, 0.29) is 6.10 Å². The SMILES string of the molecule is Cn1cc(-c2cnc(OC3CCN(c4cccc(C#N)n4)CC3)nc2)cn1. The maximum atomic E-state index is 8.99. The lowest BCUT2D eigenvalue weighted by molar-refractivity contribution is 0.156. The molecule has 0 unspecified atom stereocenters. The third-order valence-electron chi connectivity index (χ3n) is 4.55. The smallest absolute Gasteiger partial charge is 0.316 e. The number of nitrogens with zero attached hydrogens (tertiary/aromatic N) is 7. The van der Waals surface area contributed by atoms with Crippen molar-refractivity contribution in [3.63, 3.8) is 0 Å². The van der Waals surface area contributed by atoms with Crippen LogP contribution in [-0.2, 0) is 7.05 Å². The van der Waals surface area contributed by atoms with Gasteiger partial charge in [-0.2, -0.15) is 10.4 Å². The Labute approximate surface area is 157 Å². The second kappa shape index (κ2) is 7.41. The number of hydrogen-bond donors (Lipinski definition) is 0. The Morgan fingerprint density at radius 1 is 1.11 bits per heavy atom. The third-order valence-corrected chi connectivity index (χ3v) is 4.55. The minimum Gasteiger partial charge on any atom is -0.460 e. The van der Waals surface area contributed by atoms with E-state index in [1.165, 1.54) is 0 Å². The lowest BCUT2D eigenvalue weighted by Crippen LogP contribution is -2.39. The van der Waals surface area contributed by atoms with Crippen LogP contribution in [0.2, 0.25) is 0 Å². The zero-order valence-electron chi connectivity index (χ0n) is 15.0. The van der Waals surface area contributed by atoms with Crippen LogP contribution in [0.25, 0.3) is 11.1 Å². The predicted molar refractivity (Wildman–Crippen MR) is 99.0 cm³/mol. The lowest BCUT2D eigenvalue weighted by Gasteiger charge is -2.32. The van der Waals surface area contributed by atoms with E-state index in [1.54, 1.807) is 29.3 Å².